The summed E-state index contributed by atoms with van der Waals surface area (Å²) in [5.74, 6) is 0.0747. The third-order valence-electron chi connectivity index (χ3n) is 9.10. The minimum Gasteiger partial charge on any atom is -0.369 e. The van der Waals surface area contributed by atoms with Gasteiger partial charge in [-0.05, 0) is 63.4 Å². The van der Waals surface area contributed by atoms with Crippen molar-refractivity contribution < 1.29 is 9.59 Å². The zero-order valence-corrected chi connectivity index (χ0v) is 23.9. The predicted octanol–water partition coefficient (Wildman–Crippen LogP) is 0.952. The van der Waals surface area contributed by atoms with Gasteiger partial charge in [-0.3, -0.25) is 30.5 Å². The fourth-order valence-corrected chi connectivity index (χ4v) is 6.83. The van der Waals surface area contributed by atoms with Gasteiger partial charge in [0.05, 0.1) is 31.0 Å². The number of allylic oxidation sites excluding steroid dienone is 1. The van der Waals surface area contributed by atoms with E-state index in [0.29, 0.717) is 13.1 Å². The van der Waals surface area contributed by atoms with Crippen LogP contribution in [0, 0.1) is 5.92 Å². The van der Waals surface area contributed by atoms with Gasteiger partial charge in [0.25, 0.3) is 0 Å². The van der Waals surface area contributed by atoms with Gasteiger partial charge >= 0.3 is 0 Å². The monoisotopic (exact) mass is 551 g/mol. The number of fused-ring (bicyclic) bond motifs is 6. The minimum absolute atomic E-state index is 0.00915. The second-order valence-corrected chi connectivity index (χ2v) is 11.8. The lowest BCUT2D eigenvalue weighted by atomic mass is 10.0. The third kappa shape index (κ3) is 5.71. The summed E-state index contributed by atoms with van der Waals surface area (Å²) in [4.78, 5) is 33.0. The van der Waals surface area contributed by atoms with Gasteiger partial charge in [-0.15, -0.1) is 0 Å². The maximum Gasteiger partial charge on any atom is 0.244 e. The van der Waals surface area contributed by atoms with Crippen LogP contribution in [0.4, 0.5) is 11.4 Å². The molecule has 0 aromatic heterocycles. The van der Waals surface area contributed by atoms with Gasteiger partial charge in [0.15, 0.2) is 0 Å². The molecule has 0 aliphatic carbocycles. The molecule has 2 amide bonds. The summed E-state index contributed by atoms with van der Waals surface area (Å²) in [5, 5.41) is 18.7. The average molecular weight is 552 g/mol. The van der Waals surface area contributed by atoms with Crippen molar-refractivity contribution in [3.63, 3.8) is 0 Å². The Morgan fingerprint density at radius 2 is 1.73 bits per heavy atom. The van der Waals surface area contributed by atoms with Crippen molar-refractivity contribution in [2.75, 3.05) is 63.1 Å². The topological polar surface area (TPSA) is 98.5 Å². The van der Waals surface area contributed by atoms with E-state index in [0.717, 1.165) is 70.5 Å². The Balaban J connectivity index is 1.17. The van der Waals surface area contributed by atoms with Gasteiger partial charge in [0, 0.05) is 57.6 Å². The molecule has 5 atom stereocenters. The Kier molecular flexibility index (Phi) is 8.27. The van der Waals surface area contributed by atoms with Gasteiger partial charge in [-0.2, -0.15) is 5.01 Å². The van der Waals surface area contributed by atoms with E-state index in [9.17, 15) is 9.59 Å². The van der Waals surface area contributed by atoms with E-state index < -0.39 is 0 Å². The number of hydrogen-bond acceptors (Lipinski definition) is 9. The van der Waals surface area contributed by atoms with Crippen LogP contribution in [-0.2, 0) is 9.59 Å². The number of hydrogen-bond donors (Lipinski definition) is 4. The van der Waals surface area contributed by atoms with Crippen molar-refractivity contribution >= 4 is 23.2 Å². The number of likely N-dealkylation sites (N-methyl/N-ethyl adjacent to an activating group) is 1. The molecular formula is C29H45N9O2. The highest BCUT2D eigenvalue weighted by molar-refractivity contribution is 5.82. The van der Waals surface area contributed by atoms with Gasteiger partial charge in [0.2, 0.25) is 11.8 Å². The summed E-state index contributed by atoms with van der Waals surface area (Å²) in [6.45, 7) is 7.85. The summed E-state index contributed by atoms with van der Waals surface area (Å²) in [7, 11) is 2.18. The van der Waals surface area contributed by atoms with E-state index in [2.05, 4.69) is 79.5 Å². The number of carbonyl (C=O) groups is 2. The maximum atomic E-state index is 13.6. The molecule has 2 bridgehead atoms. The second kappa shape index (κ2) is 12.0. The van der Waals surface area contributed by atoms with Crippen molar-refractivity contribution in [3.05, 3.63) is 36.4 Å². The number of anilines is 2. The van der Waals surface area contributed by atoms with Crippen LogP contribution in [0.1, 0.15) is 39.0 Å². The van der Waals surface area contributed by atoms with Gasteiger partial charge in [-0.1, -0.05) is 12.2 Å². The molecule has 11 heteroatoms. The SMILES string of the molecule is CC(=O)N1CCC/C=C/CN2C(=O)C3CNC(Nc4ccc(N5CCN(C)CC5)cc4)NC3N2C2CCCC1N2. The zero-order chi connectivity index (χ0) is 27.6. The highest BCUT2D eigenvalue weighted by Crippen LogP contribution is 2.32. The summed E-state index contributed by atoms with van der Waals surface area (Å²) < 4.78 is 0. The fraction of sp³-hybridized carbons (Fsp3) is 0.655. The summed E-state index contributed by atoms with van der Waals surface area (Å²) in [6, 6.07) is 8.66. The largest absolute Gasteiger partial charge is 0.369 e. The van der Waals surface area contributed by atoms with Crippen LogP contribution < -0.4 is 26.2 Å². The van der Waals surface area contributed by atoms with Crippen molar-refractivity contribution in [1.82, 2.24) is 35.8 Å². The molecule has 5 aliphatic heterocycles. The molecule has 4 N–H and O–H groups in total. The Labute approximate surface area is 237 Å². The summed E-state index contributed by atoms with van der Waals surface area (Å²) >= 11 is 0. The summed E-state index contributed by atoms with van der Waals surface area (Å²) in [5.41, 5.74) is 2.29. The highest BCUT2D eigenvalue weighted by Gasteiger charge is 2.52. The molecule has 0 saturated carbocycles. The van der Waals surface area contributed by atoms with Crippen LogP contribution >= 0.6 is 0 Å². The Hall–Kier alpha value is -2.70. The lowest BCUT2D eigenvalue weighted by molar-refractivity contribution is -0.148. The third-order valence-corrected chi connectivity index (χ3v) is 9.10. The number of piperidine rings is 1. The molecule has 6 rings (SSSR count). The van der Waals surface area contributed by atoms with Crippen LogP contribution in [0.2, 0.25) is 0 Å². The summed E-state index contributed by atoms with van der Waals surface area (Å²) in [6.07, 6.45) is 8.61. The van der Waals surface area contributed by atoms with E-state index in [1.54, 1.807) is 6.92 Å². The number of amides is 2. The normalized spacial score (nSPS) is 33.0. The number of hydrazine groups is 1. The van der Waals surface area contributed by atoms with Crippen molar-refractivity contribution in [2.45, 2.75) is 63.8 Å². The van der Waals surface area contributed by atoms with E-state index >= 15 is 0 Å². The van der Waals surface area contributed by atoms with Crippen LogP contribution in [0.25, 0.3) is 0 Å². The van der Waals surface area contributed by atoms with Gasteiger partial charge in [0.1, 0.15) is 6.29 Å². The molecule has 5 heterocycles. The predicted molar refractivity (Wildman–Crippen MR) is 156 cm³/mol. The molecular weight excluding hydrogens is 506 g/mol. The Morgan fingerprint density at radius 3 is 2.50 bits per heavy atom. The van der Waals surface area contributed by atoms with Crippen LogP contribution in [0.15, 0.2) is 36.4 Å². The highest BCUT2D eigenvalue weighted by atomic mass is 16.2. The number of nitrogens with one attached hydrogen (secondary N) is 4. The van der Waals surface area contributed by atoms with E-state index in [-0.39, 0.29) is 42.5 Å². The van der Waals surface area contributed by atoms with Gasteiger partial charge in [-0.25, -0.2) is 0 Å². The zero-order valence-electron chi connectivity index (χ0n) is 23.9. The second-order valence-electron chi connectivity index (χ2n) is 11.8. The number of benzene rings is 1. The molecule has 0 radical (unpaired) electrons. The first-order chi connectivity index (χ1) is 19.5. The number of piperazine rings is 1. The standard InChI is InChI=1S/C29H45N9O2/c1-21(39)36-14-5-3-4-6-15-37-28(40)24-20-30-29(33-27(24)38(37)26-9-7-8-25(36)32-26)31-22-10-12-23(13-11-22)35-18-16-34(2)17-19-35/h4,6,10-13,24-27,29-33H,3,5,7-9,14-20H2,1-2H3/b6-4+. The smallest absolute Gasteiger partial charge is 0.244 e. The molecule has 218 valence electrons. The van der Waals surface area contributed by atoms with Gasteiger partial charge < -0.3 is 20.0 Å². The molecule has 0 spiro atoms. The first-order valence-electron chi connectivity index (χ1n) is 15.1. The molecule has 40 heavy (non-hydrogen) atoms. The number of carbonyl (C=O) groups excluding carboxylic acids is 2. The first kappa shape index (κ1) is 27.5. The maximum absolute atomic E-state index is 13.6. The Bertz CT molecular complexity index is 1070. The van der Waals surface area contributed by atoms with Crippen molar-refractivity contribution in [1.29, 1.82) is 0 Å². The van der Waals surface area contributed by atoms with Crippen LogP contribution in [0.5, 0.6) is 0 Å². The van der Waals surface area contributed by atoms with Crippen molar-refractivity contribution in [3.8, 4) is 0 Å². The molecule has 5 unspecified atom stereocenters. The number of rotatable bonds is 3. The molecule has 1 aromatic rings. The minimum atomic E-state index is -0.178. The molecule has 5 aliphatic rings. The number of nitrogens with zero attached hydrogens (tertiary/aromatic N) is 5. The van der Waals surface area contributed by atoms with E-state index in [1.807, 2.05) is 9.91 Å². The van der Waals surface area contributed by atoms with Crippen LogP contribution in [-0.4, -0.2) is 109 Å². The molecule has 11 nitrogen and oxygen atoms in total. The van der Waals surface area contributed by atoms with Crippen LogP contribution in [0.3, 0.4) is 0 Å². The fourth-order valence-electron chi connectivity index (χ4n) is 6.83. The molecule has 4 fully saturated rings. The molecule has 4 saturated heterocycles. The lowest BCUT2D eigenvalue weighted by Gasteiger charge is -2.46. The molecule has 1 aromatic carbocycles. The Morgan fingerprint density at radius 1 is 0.950 bits per heavy atom. The lowest BCUT2D eigenvalue weighted by Crippen LogP contribution is -2.69. The quantitative estimate of drug-likeness (QED) is 0.410. The first-order valence-corrected chi connectivity index (χ1v) is 15.1. The average Bonchev–Trinajstić information content (AvgIpc) is 3.23. The van der Waals surface area contributed by atoms with E-state index in [1.165, 1.54) is 5.69 Å². The van der Waals surface area contributed by atoms with E-state index in [4.69, 9.17) is 0 Å². The van der Waals surface area contributed by atoms with Crippen molar-refractivity contribution in [2.24, 2.45) is 5.92 Å².